The van der Waals surface area contributed by atoms with Gasteiger partial charge in [0.2, 0.25) is 0 Å². The van der Waals surface area contributed by atoms with Gasteiger partial charge in [0.25, 0.3) is 0 Å². The number of anilines is 2. The summed E-state index contributed by atoms with van der Waals surface area (Å²) in [4.78, 5) is 6.89. The smallest absolute Gasteiger partial charge is 0.0629 e. The van der Waals surface area contributed by atoms with Crippen LogP contribution in [-0.4, -0.2) is 11.0 Å². The van der Waals surface area contributed by atoms with Crippen molar-refractivity contribution in [2.24, 2.45) is 0 Å². The van der Waals surface area contributed by atoms with Gasteiger partial charge in [-0.05, 0) is 80.6 Å². The van der Waals surface area contributed by atoms with Crippen molar-refractivity contribution in [3.05, 3.63) is 199 Å². The average Bonchev–Trinajstić information content (AvgIpc) is 3.48. The van der Waals surface area contributed by atoms with Gasteiger partial charge in [-0.1, -0.05) is 152 Å². The molecule has 2 atom stereocenters. The van der Waals surface area contributed by atoms with Crippen LogP contribution >= 0.6 is 0 Å². The number of allylic oxidation sites excluding steroid dienone is 2. The summed E-state index contributed by atoms with van der Waals surface area (Å²) in [5.41, 5.74) is 10.7. The van der Waals surface area contributed by atoms with Crippen LogP contribution in [0.15, 0.2) is 182 Å². The molecule has 5 aromatic carbocycles. The molecule has 2 heteroatoms. The van der Waals surface area contributed by atoms with Gasteiger partial charge < -0.3 is 4.90 Å². The fourth-order valence-electron chi connectivity index (χ4n) is 6.89. The molecule has 0 saturated heterocycles. The number of hydrogen-bond acceptors (Lipinski definition) is 2. The lowest BCUT2D eigenvalue weighted by Gasteiger charge is -2.28. The Morgan fingerprint density at radius 2 is 1.13 bits per heavy atom. The largest absolute Gasteiger partial charge is 0.333 e. The van der Waals surface area contributed by atoms with Gasteiger partial charge in [0.1, 0.15) is 0 Å². The van der Waals surface area contributed by atoms with Crippen molar-refractivity contribution in [3.8, 4) is 22.3 Å². The standard InChI is InChI=1S/C45H34N2/c1-2-4-15-39(35-27-30-37(31-28-35)47-44-20-9-7-18-42(44)43-19-8-10-21-45(43)47)41-17-6-5-16-40(41)38(14-3-1)34-25-22-33(23-26-34)24-29-36-13-11-12-32-46-36/h1-32,42,44H/b2-1?,3-1?,4-2?,14-3?,15-4?,29-24+,38-14?,39-15?,40-38?,41-39?. The molecule has 0 bridgehead atoms. The second kappa shape index (κ2) is 12.8. The van der Waals surface area contributed by atoms with E-state index in [1.807, 2.05) is 30.5 Å². The van der Waals surface area contributed by atoms with E-state index in [-0.39, 0.29) is 6.04 Å². The molecule has 0 spiro atoms. The fourth-order valence-corrected chi connectivity index (χ4v) is 6.89. The first-order valence-electron chi connectivity index (χ1n) is 16.2. The van der Waals surface area contributed by atoms with Crippen LogP contribution in [0, 0.1) is 0 Å². The minimum absolute atomic E-state index is 0.288. The van der Waals surface area contributed by atoms with Crippen molar-refractivity contribution in [3.63, 3.8) is 0 Å². The molecule has 2 aliphatic rings. The molecule has 6 aromatic rings. The van der Waals surface area contributed by atoms with Crippen molar-refractivity contribution in [1.82, 2.24) is 4.98 Å². The number of para-hydroxylation sites is 1. The van der Waals surface area contributed by atoms with Crippen molar-refractivity contribution in [2.75, 3.05) is 4.90 Å². The molecular formula is C45H34N2. The summed E-state index contributed by atoms with van der Waals surface area (Å²) in [7, 11) is 0. The van der Waals surface area contributed by atoms with Crippen molar-refractivity contribution in [1.29, 1.82) is 0 Å². The maximum absolute atomic E-state index is 4.41. The molecule has 224 valence electrons. The molecule has 1 aromatic heterocycles. The summed E-state index contributed by atoms with van der Waals surface area (Å²) in [6, 6.07) is 54.6. The van der Waals surface area contributed by atoms with Gasteiger partial charge in [0.15, 0.2) is 0 Å². The van der Waals surface area contributed by atoms with E-state index in [4.69, 9.17) is 0 Å². The number of nitrogens with zero attached hydrogens (tertiary/aromatic N) is 2. The van der Waals surface area contributed by atoms with Gasteiger partial charge in [-0.3, -0.25) is 4.98 Å². The van der Waals surface area contributed by atoms with Crippen molar-refractivity contribution in [2.45, 2.75) is 12.0 Å². The van der Waals surface area contributed by atoms with Gasteiger partial charge in [-0.2, -0.15) is 0 Å². The Morgan fingerprint density at radius 3 is 1.83 bits per heavy atom. The van der Waals surface area contributed by atoms with Crippen LogP contribution in [0.3, 0.4) is 0 Å². The Hall–Kier alpha value is -5.99. The predicted octanol–water partition coefficient (Wildman–Crippen LogP) is 11.6. The minimum atomic E-state index is 0.288. The molecule has 0 N–H and O–H groups in total. The molecule has 2 heterocycles. The van der Waals surface area contributed by atoms with E-state index in [2.05, 4.69) is 174 Å². The first kappa shape index (κ1) is 28.5. The topological polar surface area (TPSA) is 16.1 Å². The molecule has 47 heavy (non-hydrogen) atoms. The van der Waals surface area contributed by atoms with E-state index in [0.717, 1.165) is 11.3 Å². The monoisotopic (exact) mass is 602 g/mol. The first-order chi connectivity index (χ1) is 23.3. The maximum Gasteiger partial charge on any atom is 0.0629 e. The van der Waals surface area contributed by atoms with Crippen LogP contribution in [0.4, 0.5) is 11.4 Å². The second-order valence-corrected chi connectivity index (χ2v) is 11.9. The third-order valence-electron chi connectivity index (χ3n) is 9.14. The van der Waals surface area contributed by atoms with Crippen molar-refractivity contribution < 1.29 is 0 Å². The number of fused-ring (bicyclic) bond motifs is 4. The van der Waals surface area contributed by atoms with E-state index >= 15 is 0 Å². The Bertz CT molecular complexity index is 2190. The second-order valence-electron chi connectivity index (χ2n) is 11.9. The summed E-state index contributed by atoms with van der Waals surface area (Å²) >= 11 is 0. The van der Waals surface area contributed by atoms with Crippen LogP contribution in [0.2, 0.25) is 0 Å². The van der Waals surface area contributed by atoms with Crippen molar-refractivity contribution >= 4 is 34.3 Å². The molecule has 8 rings (SSSR count). The quantitative estimate of drug-likeness (QED) is 0.195. The van der Waals surface area contributed by atoms with Crippen LogP contribution in [0.5, 0.6) is 0 Å². The fraction of sp³-hybridized carbons (Fsp3) is 0.0444. The van der Waals surface area contributed by atoms with E-state index in [1.54, 1.807) is 0 Å². The predicted molar refractivity (Wildman–Crippen MR) is 199 cm³/mol. The van der Waals surface area contributed by atoms with Gasteiger partial charge in [0.05, 0.1) is 11.7 Å². The molecule has 2 nitrogen and oxygen atoms in total. The molecule has 0 fully saturated rings. The highest BCUT2D eigenvalue weighted by atomic mass is 15.2. The number of hydrogen-bond donors (Lipinski definition) is 0. The number of pyridine rings is 1. The zero-order valence-corrected chi connectivity index (χ0v) is 26.0. The molecule has 2 unspecified atom stereocenters. The van der Waals surface area contributed by atoms with E-state index < -0.39 is 0 Å². The molecule has 0 saturated carbocycles. The molecule has 0 radical (unpaired) electrons. The van der Waals surface area contributed by atoms with E-state index in [9.17, 15) is 0 Å². The molecule has 0 amide bonds. The summed E-state index contributed by atoms with van der Waals surface area (Å²) in [6.07, 6.45) is 15.0. The van der Waals surface area contributed by atoms with Crippen LogP contribution < -0.4 is 4.90 Å². The Kier molecular flexibility index (Phi) is 7.75. The minimum Gasteiger partial charge on any atom is -0.333 e. The average molecular weight is 603 g/mol. The lowest BCUT2D eigenvalue weighted by atomic mass is 9.91. The lowest BCUT2D eigenvalue weighted by molar-refractivity contribution is 0.745. The zero-order valence-electron chi connectivity index (χ0n) is 26.0. The van der Waals surface area contributed by atoms with Gasteiger partial charge in [-0.25, -0.2) is 0 Å². The Balaban J connectivity index is 1.19. The SMILES string of the molecule is C1=CC2c3ccccc3N(c3ccc(-c4ccccccc(-c5ccc(/C=C/c6ccccn6)cc5)c5ccccc45)cc3)C2C=C1. The normalized spacial score (nSPS) is 16.2. The third kappa shape index (κ3) is 5.67. The van der Waals surface area contributed by atoms with E-state index in [1.165, 1.54) is 50.0 Å². The Labute approximate surface area is 276 Å². The van der Waals surface area contributed by atoms with Gasteiger partial charge in [0, 0.05) is 23.5 Å². The van der Waals surface area contributed by atoms with Gasteiger partial charge in [-0.15, -0.1) is 0 Å². The first-order valence-corrected chi connectivity index (χ1v) is 16.2. The number of rotatable bonds is 5. The molecule has 1 aliphatic heterocycles. The third-order valence-corrected chi connectivity index (χ3v) is 9.14. The lowest BCUT2D eigenvalue weighted by Crippen LogP contribution is -2.28. The summed E-state index contributed by atoms with van der Waals surface area (Å²) in [6.45, 7) is 0. The summed E-state index contributed by atoms with van der Waals surface area (Å²) < 4.78 is 0. The van der Waals surface area contributed by atoms with E-state index in [0.29, 0.717) is 5.92 Å². The number of aromatic nitrogens is 1. The Morgan fingerprint density at radius 1 is 0.511 bits per heavy atom. The maximum atomic E-state index is 4.41. The number of benzene rings is 4. The summed E-state index contributed by atoms with van der Waals surface area (Å²) in [5, 5.41) is 2.41. The molecular weight excluding hydrogens is 569 g/mol. The van der Waals surface area contributed by atoms with Crippen LogP contribution in [0.1, 0.15) is 22.7 Å². The summed E-state index contributed by atoms with van der Waals surface area (Å²) in [5.74, 6) is 0.373. The molecule has 1 aliphatic carbocycles. The van der Waals surface area contributed by atoms with Crippen LogP contribution in [-0.2, 0) is 0 Å². The van der Waals surface area contributed by atoms with Gasteiger partial charge >= 0.3 is 0 Å². The zero-order chi connectivity index (χ0) is 31.4. The van der Waals surface area contributed by atoms with Crippen LogP contribution in [0.25, 0.3) is 45.2 Å². The highest BCUT2D eigenvalue weighted by Gasteiger charge is 2.36. The highest BCUT2D eigenvalue weighted by molar-refractivity contribution is 6.03. The highest BCUT2D eigenvalue weighted by Crippen LogP contribution is 2.47.